The van der Waals surface area contributed by atoms with Gasteiger partial charge in [-0.3, -0.25) is 0 Å². The topological polar surface area (TPSA) is 169 Å². The van der Waals surface area contributed by atoms with E-state index in [1.54, 1.807) is 0 Å². The van der Waals surface area contributed by atoms with Gasteiger partial charge < -0.3 is 40.2 Å². The molecule has 0 unspecified atom stereocenters. The Labute approximate surface area is 91.2 Å². The number of ether oxygens (including phenoxy) is 2. The van der Waals surface area contributed by atoms with Gasteiger partial charge in [0, 0.05) is 0 Å². The van der Waals surface area contributed by atoms with Crippen molar-refractivity contribution in [3.8, 4) is 0 Å². The quantitative estimate of drug-likeness (QED) is 0.184. The number of hydrogen-bond acceptors (Lipinski definition) is 10. The fourth-order valence-electron chi connectivity index (χ4n) is 0.713. The highest BCUT2D eigenvalue weighted by Gasteiger charge is 2.47. The molecule has 0 aliphatic rings. The van der Waals surface area contributed by atoms with Crippen molar-refractivity contribution in [3.05, 3.63) is 0 Å². The third-order valence-corrected chi connectivity index (χ3v) is 1.69. The van der Waals surface area contributed by atoms with Gasteiger partial charge in [0.1, 0.15) is 0 Å². The van der Waals surface area contributed by atoms with Gasteiger partial charge in [-0.25, -0.2) is 9.47 Å². The Balaban J connectivity index is 4.75. The predicted molar refractivity (Wildman–Crippen MR) is 45.9 cm³/mol. The first-order chi connectivity index (χ1) is 6.83. The van der Waals surface area contributed by atoms with Gasteiger partial charge in [-0.15, -0.1) is 0 Å². The highest BCUT2D eigenvalue weighted by atomic mass is 28.3. The first-order valence-corrected chi connectivity index (χ1v) is 6.76. The molecule has 0 aromatic carbocycles. The van der Waals surface area contributed by atoms with E-state index in [0.29, 0.717) is 0 Å². The van der Waals surface area contributed by atoms with Crippen LogP contribution < -0.4 is 0 Å². The average Bonchev–Trinajstić information content (AvgIpc) is 1.69. The molecular formula is C5H14O10Si. The van der Waals surface area contributed by atoms with Crippen molar-refractivity contribution in [1.82, 2.24) is 0 Å². The summed E-state index contributed by atoms with van der Waals surface area (Å²) in [7, 11) is -2.14. The summed E-state index contributed by atoms with van der Waals surface area (Å²) in [6.45, 7) is 2.92. The monoisotopic (exact) mass is 262 g/mol. The van der Waals surface area contributed by atoms with E-state index in [-0.39, 0.29) is 0 Å². The number of aliphatic hydroxyl groups is 7. The third kappa shape index (κ3) is 8.03. The first kappa shape index (κ1) is 15.8. The second kappa shape index (κ2) is 4.99. The third-order valence-electron chi connectivity index (χ3n) is 0.916. The van der Waals surface area contributed by atoms with Gasteiger partial charge in [-0.05, 0) is 13.1 Å². The van der Waals surface area contributed by atoms with Gasteiger partial charge >= 0.3 is 18.5 Å². The molecule has 16 heavy (non-hydrogen) atoms. The Hall–Kier alpha value is -0.183. The van der Waals surface area contributed by atoms with E-state index in [2.05, 4.69) is 13.9 Å². The maximum Gasteiger partial charge on any atom is 0.412 e. The molecule has 0 rings (SSSR count). The molecule has 11 heteroatoms. The van der Waals surface area contributed by atoms with E-state index < -0.39 is 27.5 Å². The lowest BCUT2D eigenvalue weighted by atomic mass is 10.9. The highest BCUT2D eigenvalue weighted by Crippen LogP contribution is 2.21. The molecule has 0 atom stereocenters. The van der Waals surface area contributed by atoms with E-state index in [4.69, 9.17) is 30.6 Å². The summed E-state index contributed by atoms with van der Waals surface area (Å²) in [5, 5.41) is 59.7. The molecule has 0 amide bonds. The standard InChI is InChI=1S/C5H14O10Si/c1-16(2)15-5(12,13-3(6,7)8)14-4(9,10)11/h6-12,16H,1-2H3. The van der Waals surface area contributed by atoms with Crippen LogP contribution in [-0.4, -0.2) is 63.3 Å². The van der Waals surface area contributed by atoms with Crippen molar-refractivity contribution < 1.29 is 49.6 Å². The molecule has 0 spiro atoms. The molecule has 0 fully saturated rings. The van der Waals surface area contributed by atoms with E-state index >= 15 is 0 Å². The van der Waals surface area contributed by atoms with Crippen LogP contribution in [-0.2, 0) is 13.9 Å². The average molecular weight is 262 g/mol. The zero-order chi connectivity index (χ0) is 13.2. The van der Waals surface area contributed by atoms with Crippen molar-refractivity contribution >= 4 is 9.04 Å². The molecule has 0 aliphatic carbocycles. The molecule has 10 nitrogen and oxygen atoms in total. The van der Waals surface area contributed by atoms with Crippen molar-refractivity contribution in [2.75, 3.05) is 0 Å². The van der Waals surface area contributed by atoms with Crippen LogP contribution in [0.2, 0.25) is 13.1 Å². The van der Waals surface area contributed by atoms with E-state index in [1.165, 1.54) is 13.1 Å². The van der Waals surface area contributed by atoms with Crippen LogP contribution in [0.1, 0.15) is 0 Å². The van der Waals surface area contributed by atoms with E-state index in [9.17, 15) is 5.11 Å². The van der Waals surface area contributed by atoms with Gasteiger partial charge in [0.05, 0.1) is 0 Å². The van der Waals surface area contributed by atoms with Crippen LogP contribution in [0.5, 0.6) is 0 Å². The van der Waals surface area contributed by atoms with Crippen LogP contribution in [0.25, 0.3) is 0 Å². The van der Waals surface area contributed by atoms with Crippen molar-refractivity contribution in [2.24, 2.45) is 0 Å². The normalized spacial score (nSPS) is 14.6. The second-order valence-corrected chi connectivity index (χ2v) is 5.38. The van der Waals surface area contributed by atoms with E-state index in [1.807, 2.05) is 0 Å². The Kier molecular flexibility index (Phi) is 4.93. The van der Waals surface area contributed by atoms with Crippen molar-refractivity contribution in [3.63, 3.8) is 0 Å². The lowest BCUT2D eigenvalue weighted by molar-refractivity contribution is -0.640. The zero-order valence-corrected chi connectivity index (χ0v) is 9.59. The van der Waals surface area contributed by atoms with Gasteiger partial charge in [0.2, 0.25) is 0 Å². The molecule has 0 radical (unpaired) electrons. The van der Waals surface area contributed by atoms with Crippen LogP contribution in [0.3, 0.4) is 0 Å². The summed E-state index contributed by atoms with van der Waals surface area (Å²) in [5.74, 6) is 0. The van der Waals surface area contributed by atoms with Crippen LogP contribution in [0.15, 0.2) is 0 Å². The van der Waals surface area contributed by atoms with Crippen molar-refractivity contribution in [2.45, 2.75) is 31.6 Å². The van der Waals surface area contributed by atoms with Crippen LogP contribution >= 0.6 is 0 Å². The minimum Gasteiger partial charge on any atom is -0.349 e. The molecule has 98 valence electrons. The minimum absolute atomic E-state index is 1.46. The lowest BCUT2D eigenvalue weighted by Crippen LogP contribution is -2.55. The van der Waals surface area contributed by atoms with Crippen molar-refractivity contribution in [1.29, 1.82) is 0 Å². The summed E-state index contributed by atoms with van der Waals surface area (Å²) in [6, 6.07) is 0. The summed E-state index contributed by atoms with van der Waals surface area (Å²) in [5.41, 5.74) is 0. The molecule has 0 saturated heterocycles. The molecule has 0 heterocycles. The van der Waals surface area contributed by atoms with Gasteiger partial charge in [0.15, 0.2) is 9.04 Å². The fourth-order valence-corrected chi connectivity index (χ4v) is 1.40. The Morgan fingerprint density at radius 3 is 1.25 bits per heavy atom. The molecular weight excluding hydrogens is 248 g/mol. The molecule has 0 aromatic rings. The Bertz CT molecular complexity index is 200. The van der Waals surface area contributed by atoms with Gasteiger partial charge in [-0.2, -0.15) is 0 Å². The second-order valence-electron chi connectivity index (χ2n) is 3.04. The van der Waals surface area contributed by atoms with Crippen LogP contribution in [0, 0.1) is 0 Å². The first-order valence-electron chi connectivity index (χ1n) is 3.98. The molecule has 0 aliphatic heterocycles. The zero-order valence-electron chi connectivity index (χ0n) is 8.43. The minimum atomic E-state index is -3.87. The number of rotatable bonds is 6. The van der Waals surface area contributed by atoms with Gasteiger partial charge in [0.25, 0.3) is 0 Å². The molecule has 0 saturated carbocycles. The summed E-state index contributed by atoms with van der Waals surface area (Å²) in [4.78, 5) is 0. The summed E-state index contributed by atoms with van der Waals surface area (Å²) >= 11 is 0. The Morgan fingerprint density at radius 1 is 0.750 bits per heavy atom. The smallest absolute Gasteiger partial charge is 0.349 e. The van der Waals surface area contributed by atoms with Gasteiger partial charge in [-0.1, -0.05) is 0 Å². The van der Waals surface area contributed by atoms with E-state index in [0.717, 1.165) is 0 Å². The highest BCUT2D eigenvalue weighted by molar-refractivity contribution is 6.48. The maximum atomic E-state index is 9.26. The largest absolute Gasteiger partial charge is 0.412 e. The Morgan fingerprint density at radius 2 is 1.06 bits per heavy atom. The number of hydrogen-bond donors (Lipinski definition) is 7. The fraction of sp³-hybridized carbons (Fsp3) is 1.00. The maximum absolute atomic E-state index is 9.26. The summed E-state index contributed by atoms with van der Waals surface area (Å²) in [6.07, 6.45) is -11.2. The molecule has 7 N–H and O–H groups in total. The predicted octanol–water partition coefficient (Wildman–Crippen LogP) is -4.20. The molecule has 0 aromatic heterocycles. The summed E-state index contributed by atoms with van der Waals surface area (Å²) < 4.78 is 11.8. The SMILES string of the molecule is C[SiH](C)OC(O)(OC(O)(O)O)OC(O)(O)O. The van der Waals surface area contributed by atoms with Crippen LogP contribution in [0.4, 0.5) is 0 Å². The lowest BCUT2D eigenvalue weighted by Gasteiger charge is -2.33. The molecule has 0 bridgehead atoms.